The van der Waals surface area contributed by atoms with Gasteiger partial charge in [-0.25, -0.2) is 4.79 Å². The molecule has 2 saturated carbocycles. The van der Waals surface area contributed by atoms with Crippen molar-refractivity contribution in [3.63, 3.8) is 0 Å². The van der Waals surface area contributed by atoms with E-state index in [2.05, 4.69) is 0 Å². The summed E-state index contributed by atoms with van der Waals surface area (Å²) in [6.07, 6.45) is 0.0527. The van der Waals surface area contributed by atoms with Crippen LogP contribution in [0.1, 0.15) is 61.9 Å². The average molecular weight is 465 g/mol. The first-order chi connectivity index (χ1) is 14.3. The van der Waals surface area contributed by atoms with Crippen LogP contribution < -0.4 is 4.74 Å². The fourth-order valence-corrected chi connectivity index (χ4v) is 5.24. The molecule has 0 saturated heterocycles. The van der Waals surface area contributed by atoms with Crippen molar-refractivity contribution in [2.45, 2.75) is 57.7 Å². The largest absolute Gasteiger partial charge is 0.487 e. The molecule has 2 bridgehead atoms. The molecule has 2 aliphatic rings. The van der Waals surface area contributed by atoms with E-state index in [0.29, 0.717) is 18.3 Å². The Morgan fingerprint density at radius 3 is 2.45 bits per heavy atom. The first-order valence-corrected chi connectivity index (χ1v) is 12.0. The van der Waals surface area contributed by atoms with Crippen LogP contribution in [0.3, 0.4) is 0 Å². The summed E-state index contributed by atoms with van der Waals surface area (Å²) in [7, 11) is -4.33. The molecule has 1 aromatic rings. The summed E-state index contributed by atoms with van der Waals surface area (Å²) < 4.78 is 81.9. The van der Waals surface area contributed by atoms with E-state index in [1.807, 2.05) is 13.8 Å². The molecular weight excluding hydrogens is 437 g/mol. The Bertz CT molecular complexity index is 930. The monoisotopic (exact) mass is 464 g/mol. The molecule has 2 fully saturated rings. The number of benzene rings is 1. The molecule has 4 unspecified atom stereocenters. The van der Waals surface area contributed by atoms with E-state index in [0.717, 1.165) is 43.9 Å². The smallest absolute Gasteiger partial charge is 0.419 e. The number of esters is 1. The van der Waals surface area contributed by atoms with E-state index < -0.39 is 51.5 Å². The summed E-state index contributed by atoms with van der Waals surface area (Å²) in [4.78, 5) is 12.2. The van der Waals surface area contributed by atoms with Gasteiger partial charge in [-0.1, -0.05) is 13.3 Å². The highest BCUT2D eigenvalue weighted by atomic mass is 32.2. The van der Waals surface area contributed by atoms with Crippen molar-refractivity contribution in [3.8, 4) is 5.75 Å². The Morgan fingerprint density at radius 2 is 1.94 bits per heavy atom. The number of carbonyl (C=O) groups is 1. The van der Waals surface area contributed by atoms with Crippen LogP contribution >= 0.6 is 0 Å². The molecule has 0 amide bonds. The van der Waals surface area contributed by atoms with Crippen molar-refractivity contribution in [3.05, 3.63) is 29.3 Å². The average Bonchev–Trinajstić information content (AvgIpc) is 3.29. The molecule has 1 aromatic carbocycles. The first kappa shape index (κ1) is 23.8. The maximum absolute atomic E-state index is 13.6. The Labute approximate surface area is 179 Å². The molecule has 0 aliphatic heterocycles. The van der Waals surface area contributed by atoms with Gasteiger partial charge in [0.15, 0.2) is 0 Å². The minimum Gasteiger partial charge on any atom is -0.487 e. The quantitative estimate of drug-likeness (QED) is 0.442. The van der Waals surface area contributed by atoms with Crippen LogP contribution in [0, 0.1) is 17.8 Å². The van der Waals surface area contributed by atoms with Crippen LogP contribution in [0.25, 0.3) is 0 Å². The highest BCUT2D eigenvalue weighted by Crippen LogP contribution is 2.54. The molecular formula is C21H27F3O6S. The summed E-state index contributed by atoms with van der Waals surface area (Å²) in [5.74, 6) is -1.08. The molecule has 0 heterocycles. The third-order valence-electron chi connectivity index (χ3n) is 6.66. The molecule has 31 heavy (non-hydrogen) atoms. The summed E-state index contributed by atoms with van der Waals surface area (Å²) in [6.45, 7) is 3.09. The lowest BCUT2D eigenvalue weighted by Gasteiger charge is -2.40. The molecule has 0 aromatic heterocycles. The lowest BCUT2D eigenvalue weighted by molar-refractivity contribution is -0.140. The molecule has 0 spiro atoms. The summed E-state index contributed by atoms with van der Waals surface area (Å²) in [5, 5.41) is 0. The highest BCUT2D eigenvalue weighted by molar-refractivity contribution is 7.85. The number of rotatable bonds is 8. The van der Waals surface area contributed by atoms with Gasteiger partial charge in [0, 0.05) is 5.92 Å². The molecule has 1 N–H and O–H groups in total. The Balaban J connectivity index is 1.86. The zero-order valence-corrected chi connectivity index (χ0v) is 18.3. The number of halogens is 3. The van der Waals surface area contributed by atoms with Gasteiger partial charge < -0.3 is 9.47 Å². The lowest BCUT2D eigenvalue weighted by Crippen LogP contribution is -2.43. The molecule has 3 rings (SSSR count). The van der Waals surface area contributed by atoms with E-state index in [-0.39, 0.29) is 11.5 Å². The maximum atomic E-state index is 13.6. The van der Waals surface area contributed by atoms with E-state index in [1.54, 1.807) is 0 Å². The van der Waals surface area contributed by atoms with Crippen molar-refractivity contribution in [2.75, 3.05) is 12.4 Å². The number of carbonyl (C=O) groups excluding carboxylic acids is 1. The summed E-state index contributed by atoms with van der Waals surface area (Å²) in [5.41, 5.74) is -1.98. The van der Waals surface area contributed by atoms with Crippen LogP contribution in [0.15, 0.2) is 18.2 Å². The Kier molecular flexibility index (Phi) is 6.63. The van der Waals surface area contributed by atoms with E-state index in [1.165, 1.54) is 0 Å². The standard InChI is InChI=1S/C21H27F3O6S/c1-3-20(2,17-11-13-4-5-14(17)10-13)30-18-12-15(6-7-16(18)21(22,23)24)19(25)29-8-9-31(26,27)28/h6-7,12-14,17H,3-5,8-11H2,1-2H3,(H,26,27,28). The first-order valence-electron chi connectivity index (χ1n) is 10.3. The zero-order valence-electron chi connectivity index (χ0n) is 17.4. The number of hydrogen-bond acceptors (Lipinski definition) is 5. The molecule has 10 heteroatoms. The predicted molar refractivity (Wildman–Crippen MR) is 106 cm³/mol. The van der Waals surface area contributed by atoms with Gasteiger partial charge in [-0.3, -0.25) is 4.55 Å². The van der Waals surface area contributed by atoms with Crippen molar-refractivity contribution >= 4 is 16.1 Å². The van der Waals surface area contributed by atoms with Gasteiger partial charge in [0.1, 0.15) is 23.7 Å². The van der Waals surface area contributed by atoms with Crippen molar-refractivity contribution in [1.29, 1.82) is 0 Å². The van der Waals surface area contributed by atoms with E-state index in [9.17, 15) is 26.4 Å². The van der Waals surface area contributed by atoms with Gasteiger partial charge in [-0.05, 0) is 62.6 Å². The third kappa shape index (κ3) is 5.52. The molecule has 174 valence electrons. The maximum Gasteiger partial charge on any atom is 0.419 e. The lowest BCUT2D eigenvalue weighted by atomic mass is 9.75. The normalized spacial score (nSPS) is 25.3. The second-order valence-corrected chi connectivity index (χ2v) is 10.3. The number of ether oxygens (including phenoxy) is 2. The van der Waals surface area contributed by atoms with Gasteiger partial charge in [0.05, 0.1) is 11.1 Å². The number of alkyl halides is 3. The molecule has 4 atom stereocenters. The van der Waals surface area contributed by atoms with Crippen LogP contribution in [0.2, 0.25) is 0 Å². The summed E-state index contributed by atoms with van der Waals surface area (Å²) in [6, 6.07) is 2.73. The number of fused-ring (bicyclic) bond motifs is 2. The van der Waals surface area contributed by atoms with Gasteiger partial charge in [0.25, 0.3) is 10.1 Å². The van der Waals surface area contributed by atoms with Crippen molar-refractivity contribution in [2.24, 2.45) is 17.8 Å². The fourth-order valence-electron chi connectivity index (χ4n) is 4.94. The molecule has 0 radical (unpaired) electrons. The fraction of sp³-hybridized carbons (Fsp3) is 0.667. The van der Waals surface area contributed by atoms with Gasteiger partial charge >= 0.3 is 12.1 Å². The zero-order chi connectivity index (χ0) is 23.0. The van der Waals surface area contributed by atoms with E-state index in [4.69, 9.17) is 14.0 Å². The second-order valence-electron chi connectivity index (χ2n) is 8.68. The van der Waals surface area contributed by atoms with Crippen LogP contribution in [-0.4, -0.2) is 36.9 Å². The number of hydrogen-bond donors (Lipinski definition) is 1. The Hall–Kier alpha value is -1.81. The third-order valence-corrected chi connectivity index (χ3v) is 7.35. The van der Waals surface area contributed by atoms with Gasteiger partial charge in [-0.15, -0.1) is 0 Å². The van der Waals surface area contributed by atoms with Crippen LogP contribution in [0.5, 0.6) is 5.75 Å². The minimum absolute atomic E-state index is 0.141. The van der Waals surface area contributed by atoms with Gasteiger partial charge in [0.2, 0.25) is 0 Å². The topological polar surface area (TPSA) is 89.9 Å². The highest BCUT2D eigenvalue weighted by Gasteiger charge is 2.49. The Morgan fingerprint density at radius 1 is 1.23 bits per heavy atom. The molecule has 2 aliphatic carbocycles. The van der Waals surface area contributed by atoms with Crippen molar-refractivity contribution < 1.29 is 40.4 Å². The van der Waals surface area contributed by atoms with Crippen LogP contribution in [-0.2, 0) is 21.0 Å². The predicted octanol–water partition coefficient (Wildman–Crippen LogP) is 4.73. The second kappa shape index (κ2) is 8.61. The van der Waals surface area contributed by atoms with Crippen LogP contribution in [0.4, 0.5) is 13.2 Å². The minimum atomic E-state index is -4.67. The molecule has 6 nitrogen and oxygen atoms in total. The SMILES string of the molecule is CCC(C)(Oc1cc(C(=O)OCCS(=O)(=O)O)ccc1C(F)(F)F)C1CC2CCC1C2. The van der Waals surface area contributed by atoms with Gasteiger partial charge in [-0.2, -0.15) is 21.6 Å². The van der Waals surface area contributed by atoms with E-state index >= 15 is 0 Å². The summed E-state index contributed by atoms with van der Waals surface area (Å²) >= 11 is 0. The van der Waals surface area contributed by atoms with Crippen molar-refractivity contribution in [1.82, 2.24) is 0 Å².